The predicted molar refractivity (Wildman–Crippen MR) is 105 cm³/mol. The molecule has 1 aliphatic carbocycles. The van der Waals surface area contributed by atoms with E-state index in [1.807, 2.05) is 17.6 Å². The van der Waals surface area contributed by atoms with Crippen LogP contribution in [0.5, 0.6) is 5.75 Å². The first-order valence-corrected chi connectivity index (χ1v) is 9.91. The van der Waals surface area contributed by atoms with Gasteiger partial charge < -0.3 is 10.1 Å². The second-order valence-electron chi connectivity index (χ2n) is 7.94. The molecule has 136 valence electrons. The summed E-state index contributed by atoms with van der Waals surface area (Å²) < 4.78 is 5.47. The van der Waals surface area contributed by atoms with Crippen molar-refractivity contribution in [3.8, 4) is 5.75 Å². The summed E-state index contributed by atoms with van der Waals surface area (Å²) in [4.78, 5) is 19.0. The minimum atomic E-state index is -0.459. The van der Waals surface area contributed by atoms with E-state index in [9.17, 15) is 4.79 Å². The minimum Gasteiger partial charge on any atom is -0.497 e. The van der Waals surface area contributed by atoms with E-state index < -0.39 is 5.41 Å². The van der Waals surface area contributed by atoms with Crippen LogP contribution in [0, 0.1) is 5.41 Å². The summed E-state index contributed by atoms with van der Waals surface area (Å²) in [5.41, 5.74) is 4.44. The predicted octanol–water partition coefficient (Wildman–Crippen LogP) is 4.92. The Morgan fingerprint density at radius 3 is 2.85 bits per heavy atom. The third-order valence-electron chi connectivity index (χ3n) is 5.62. The maximum atomic E-state index is 13.3. The number of hydrogen-bond donors (Lipinski definition) is 1. The molecule has 0 amide bonds. The van der Waals surface area contributed by atoms with Crippen LogP contribution in [0.3, 0.4) is 0 Å². The van der Waals surface area contributed by atoms with Gasteiger partial charge in [-0.05, 0) is 36.0 Å². The zero-order valence-corrected chi connectivity index (χ0v) is 16.5. The summed E-state index contributed by atoms with van der Waals surface area (Å²) in [5, 5.41) is 3.48. The van der Waals surface area contributed by atoms with Crippen molar-refractivity contribution in [2.24, 2.45) is 5.41 Å². The largest absolute Gasteiger partial charge is 0.497 e. The van der Waals surface area contributed by atoms with Crippen molar-refractivity contribution in [2.45, 2.75) is 45.4 Å². The highest BCUT2D eigenvalue weighted by Crippen LogP contribution is 2.55. The highest BCUT2D eigenvalue weighted by atomic mass is 32.1. The van der Waals surface area contributed by atoms with Crippen molar-refractivity contribution in [1.29, 1.82) is 0 Å². The van der Waals surface area contributed by atoms with Gasteiger partial charge in [-0.2, -0.15) is 0 Å². The van der Waals surface area contributed by atoms with Gasteiger partial charge in [-0.15, -0.1) is 11.3 Å². The summed E-state index contributed by atoms with van der Waals surface area (Å²) >= 11 is 1.62. The number of benzene rings is 1. The lowest BCUT2D eigenvalue weighted by molar-refractivity contribution is -0.118. The fraction of sp³-hybridized carbons (Fsp3) is 0.429. The molecule has 5 heteroatoms. The maximum absolute atomic E-state index is 13.3. The fourth-order valence-electron chi connectivity index (χ4n) is 4.52. The fourth-order valence-corrected chi connectivity index (χ4v) is 5.57. The van der Waals surface area contributed by atoms with E-state index in [1.54, 1.807) is 18.4 Å². The van der Waals surface area contributed by atoms with Gasteiger partial charge in [0, 0.05) is 17.7 Å². The van der Waals surface area contributed by atoms with Gasteiger partial charge in [0.05, 0.1) is 22.9 Å². The van der Waals surface area contributed by atoms with Crippen molar-refractivity contribution in [3.05, 3.63) is 51.5 Å². The Hall–Kier alpha value is -2.14. The molecule has 1 aromatic carbocycles. The highest BCUT2D eigenvalue weighted by molar-refractivity contribution is 7.10. The van der Waals surface area contributed by atoms with Crippen molar-refractivity contribution in [1.82, 2.24) is 4.98 Å². The Bertz CT molecular complexity index is 912. The Kier molecular flexibility index (Phi) is 3.95. The van der Waals surface area contributed by atoms with E-state index in [1.165, 1.54) is 0 Å². The number of ether oxygens (including phenoxy) is 1. The molecule has 0 saturated heterocycles. The van der Waals surface area contributed by atoms with Crippen LogP contribution in [-0.2, 0) is 10.2 Å². The number of nitrogens with one attached hydrogen (secondary N) is 1. The number of hydrogen-bond acceptors (Lipinski definition) is 5. The monoisotopic (exact) mass is 368 g/mol. The molecule has 0 bridgehead atoms. The van der Waals surface area contributed by atoms with Crippen molar-refractivity contribution in [2.75, 3.05) is 12.4 Å². The molecule has 1 aliphatic heterocycles. The van der Waals surface area contributed by atoms with Gasteiger partial charge in [0.15, 0.2) is 5.78 Å². The second-order valence-corrected chi connectivity index (χ2v) is 8.80. The molecule has 0 radical (unpaired) electrons. The van der Waals surface area contributed by atoms with Crippen LogP contribution in [0.4, 0.5) is 5.82 Å². The number of carbonyl (C=O) groups excluding carboxylic acids is 1. The first-order valence-electron chi connectivity index (χ1n) is 9.03. The van der Waals surface area contributed by atoms with E-state index in [0.29, 0.717) is 6.42 Å². The van der Waals surface area contributed by atoms with Gasteiger partial charge in [0.2, 0.25) is 0 Å². The van der Waals surface area contributed by atoms with Gasteiger partial charge in [0.1, 0.15) is 11.6 Å². The summed E-state index contributed by atoms with van der Waals surface area (Å²) in [7, 11) is 1.68. The van der Waals surface area contributed by atoms with Gasteiger partial charge in [-0.1, -0.05) is 32.9 Å². The van der Waals surface area contributed by atoms with Gasteiger partial charge >= 0.3 is 0 Å². The number of ketones is 1. The molecule has 4 rings (SSSR count). The molecule has 2 aromatic rings. The van der Waals surface area contributed by atoms with Gasteiger partial charge in [0.25, 0.3) is 0 Å². The Morgan fingerprint density at radius 1 is 1.31 bits per heavy atom. The Morgan fingerprint density at radius 2 is 2.12 bits per heavy atom. The maximum Gasteiger partial charge on any atom is 0.162 e. The highest BCUT2D eigenvalue weighted by Gasteiger charge is 2.50. The molecular weight excluding hydrogens is 344 g/mol. The number of rotatable bonds is 3. The lowest BCUT2D eigenvalue weighted by Crippen LogP contribution is -2.42. The molecule has 1 atom stereocenters. The molecule has 0 saturated carbocycles. The standard InChI is InChI=1S/C21H24N2O2S/c1-5-21(13-7-6-8-14(9-13)25-4)17-15(10-20(2,3)11-16(17)24)23-19-18(21)26-12-22-19/h6-9,12,23H,5,10-11H2,1-4H3/t21-/m1/s1. The van der Waals surface area contributed by atoms with Gasteiger partial charge in [-0.3, -0.25) is 4.79 Å². The molecule has 0 fully saturated rings. The van der Waals surface area contributed by atoms with E-state index >= 15 is 0 Å². The lowest BCUT2D eigenvalue weighted by atomic mass is 9.62. The average molecular weight is 369 g/mol. The molecule has 0 spiro atoms. The van der Waals surface area contributed by atoms with Crippen molar-refractivity contribution in [3.63, 3.8) is 0 Å². The average Bonchev–Trinajstić information content (AvgIpc) is 3.07. The lowest BCUT2D eigenvalue weighted by Gasteiger charge is -2.44. The number of anilines is 1. The Labute approximate surface area is 158 Å². The van der Waals surface area contributed by atoms with E-state index in [0.717, 1.165) is 46.1 Å². The third-order valence-corrected chi connectivity index (χ3v) is 6.61. The number of fused-ring (bicyclic) bond motifs is 1. The molecule has 0 unspecified atom stereocenters. The SMILES string of the molecule is CC[C@@]1(c2cccc(OC)c2)C2=C(CC(C)(C)CC2=O)Nc2ncsc21. The van der Waals surface area contributed by atoms with Crippen LogP contribution < -0.4 is 10.1 Å². The zero-order chi connectivity index (χ0) is 18.5. The normalized spacial score (nSPS) is 23.9. The molecule has 4 nitrogen and oxygen atoms in total. The smallest absolute Gasteiger partial charge is 0.162 e. The third kappa shape index (κ3) is 2.41. The molecule has 2 heterocycles. The molecule has 1 N–H and O–H groups in total. The Balaban J connectivity index is 2.02. The summed E-state index contributed by atoms with van der Waals surface area (Å²) in [5.74, 6) is 1.95. The number of carbonyl (C=O) groups is 1. The van der Waals surface area contributed by atoms with Crippen LogP contribution >= 0.6 is 11.3 Å². The van der Waals surface area contributed by atoms with Crippen molar-refractivity contribution >= 4 is 22.9 Å². The van der Waals surface area contributed by atoms with Crippen LogP contribution in [0.25, 0.3) is 0 Å². The number of thiazole rings is 1. The molecule has 1 aromatic heterocycles. The second kappa shape index (κ2) is 5.95. The van der Waals surface area contributed by atoms with Crippen LogP contribution in [-0.4, -0.2) is 17.9 Å². The topological polar surface area (TPSA) is 51.2 Å². The van der Waals surface area contributed by atoms with E-state index in [-0.39, 0.29) is 11.2 Å². The summed E-state index contributed by atoms with van der Waals surface area (Å²) in [6.07, 6.45) is 2.24. The van der Waals surface area contributed by atoms with E-state index in [2.05, 4.69) is 43.2 Å². The number of allylic oxidation sites excluding steroid dienone is 2. The van der Waals surface area contributed by atoms with Crippen LogP contribution in [0.2, 0.25) is 0 Å². The minimum absolute atomic E-state index is 0.0374. The van der Waals surface area contributed by atoms with Crippen LogP contribution in [0.15, 0.2) is 41.0 Å². The number of nitrogens with zero attached hydrogens (tertiary/aromatic N) is 1. The molecule has 26 heavy (non-hydrogen) atoms. The first kappa shape index (κ1) is 17.3. The van der Waals surface area contributed by atoms with Gasteiger partial charge in [-0.25, -0.2) is 4.98 Å². The summed E-state index contributed by atoms with van der Waals surface area (Å²) in [6, 6.07) is 8.13. The quantitative estimate of drug-likeness (QED) is 0.836. The molecule has 2 aliphatic rings. The van der Waals surface area contributed by atoms with Crippen molar-refractivity contribution < 1.29 is 9.53 Å². The summed E-state index contributed by atoms with van der Waals surface area (Å²) in [6.45, 7) is 6.48. The number of aromatic nitrogens is 1. The van der Waals surface area contributed by atoms with Crippen LogP contribution in [0.1, 0.15) is 50.5 Å². The zero-order valence-electron chi connectivity index (χ0n) is 15.7. The van der Waals surface area contributed by atoms with E-state index in [4.69, 9.17) is 4.74 Å². The molecular formula is C21H24N2O2S. The number of Topliss-reactive ketones (excluding diaryl/α,β-unsaturated/α-hetero) is 1. The number of methoxy groups -OCH3 is 1. The first-order chi connectivity index (χ1) is 12.4.